The van der Waals surface area contributed by atoms with Crippen molar-refractivity contribution in [2.75, 3.05) is 0 Å². The number of rotatable bonds is 8. The summed E-state index contributed by atoms with van der Waals surface area (Å²) in [5.41, 5.74) is 2.42. The van der Waals surface area contributed by atoms with Crippen LogP contribution in [-0.4, -0.2) is 24.9 Å². The average molecular weight is 404 g/mol. The molecule has 2 aromatic carbocycles. The monoisotopic (exact) mass is 403 g/mol. The largest absolute Gasteiger partial charge is 0.338 e. The molecule has 1 fully saturated rings. The maximum atomic E-state index is 5.44. The first kappa shape index (κ1) is 18.1. The van der Waals surface area contributed by atoms with Crippen molar-refractivity contribution in [3.63, 3.8) is 0 Å². The number of hydrogen-bond donors (Lipinski definition) is 0. The molecule has 7 heteroatoms. The van der Waals surface area contributed by atoms with Gasteiger partial charge in [0.2, 0.25) is 5.89 Å². The van der Waals surface area contributed by atoms with Gasteiger partial charge in [0.15, 0.2) is 11.0 Å². The molecule has 1 saturated carbocycles. The van der Waals surface area contributed by atoms with Gasteiger partial charge in [0.25, 0.3) is 0 Å². The quantitative estimate of drug-likeness (QED) is 0.404. The molecule has 0 N–H and O–H groups in total. The second-order valence-electron chi connectivity index (χ2n) is 7.24. The molecule has 146 valence electrons. The molecule has 29 heavy (non-hydrogen) atoms. The van der Waals surface area contributed by atoms with Crippen LogP contribution in [0.5, 0.6) is 0 Å². The molecule has 5 rings (SSSR count). The van der Waals surface area contributed by atoms with Crippen LogP contribution in [0.1, 0.15) is 47.4 Å². The van der Waals surface area contributed by atoms with Crippen LogP contribution in [0.25, 0.3) is 0 Å². The Balaban J connectivity index is 1.28. The standard InChI is InChI=1S/C22H21N5OS/c1-3-7-16(8-4-1)13-19-23-20(28-26-19)15-29-22-25-24-21(18-11-12-18)27(22)14-17-9-5-2-6-10-17/h1-10,18H,11-15H2. The van der Waals surface area contributed by atoms with E-state index < -0.39 is 0 Å². The Morgan fingerprint density at radius 2 is 1.66 bits per heavy atom. The van der Waals surface area contributed by atoms with Gasteiger partial charge >= 0.3 is 0 Å². The van der Waals surface area contributed by atoms with E-state index >= 15 is 0 Å². The fraction of sp³-hybridized carbons (Fsp3) is 0.273. The summed E-state index contributed by atoms with van der Waals surface area (Å²) in [6.45, 7) is 0.783. The minimum atomic E-state index is 0.543. The number of thioether (sulfide) groups is 1. The topological polar surface area (TPSA) is 69.6 Å². The van der Waals surface area contributed by atoms with Crippen molar-refractivity contribution in [3.8, 4) is 0 Å². The zero-order chi connectivity index (χ0) is 19.5. The summed E-state index contributed by atoms with van der Waals surface area (Å²) in [6, 6.07) is 20.6. The molecule has 0 unspecified atom stereocenters. The number of benzene rings is 2. The lowest BCUT2D eigenvalue weighted by Gasteiger charge is -2.09. The fourth-order valence-electron chi connectivity index (χ4n) is 3.29. The Morgan fingerprint density at radius 1 is 0.931 bits per heavy atom. The summed E-state index contributed by atoms with van der Waals surface area (Å²) in [7, 11) is 0. The molecule has 0 atom stereocenters. The van der Waals surface area contributed by atoms with Crippen molar-refractivity contribution in [3.05, 3.63) is 89.3 Å². The lowest BCUT2D eigenvalue weighted by atomic mass is 10.1. The van der Waals surface area contributed by atoms with Gasteiger partial charge in [-0.3, -0.25) is 0 Å². The van der Waals surface area contributed by atoms with E-state index in [4.69, 9.17) is 4.52 Å². The molecule has 0 radical (unpaired) electrons. The van der Waals surface area contributed by atoms with Crippen LogP contribution in [0.4, 0.5) is 0 Å². The maximum Gasteiger partial charge on any atom is 0.237 e. The Kier molecular flexibility index (Phi) is 5.13. The highest BCUT2D eigenvalue weighted by molar-refractivity contribution is 7.98. The highest BCUT2D eigenvalue weighted by atomic mass is 32.2. The first-order valence-electron chi connectivity index (χ1n) is 9.80. The van der Waals surface area contributed by atoms with Gasteiger partial charge in [-0.15, -0.1) is 10.2 Å². The zero-order valence-electron chi connectivity index (χ0n) is 15.9. The summed E-state index contributed by atoms with van der Waals surface area (Å²) in [5.74, 6) is 3.53. The van der Waals surface area contributed by atoms with Crippen molar-refractivity contribution in [1.82, 2.24) is 24.9 Å². The average Bonchev–Trinajstić information content (AvgIpc) is 3.38. The van der Waals surface area contributed by atoms with E-state index in [9.17, 15) is 0 Å². The second kappa shape index (κ2) is 8.21. The smallest absolute Gasteiger partial charge is 0.237 e. The minimum absolute atomic E-state index is 0.543. The second-order valence-corrected chi connectivity index (χ2v) is 8.18. The van der Waals surface area contributed by atoms with Crippen LogP contribution in [-0.2, 0) is 18.7 Å². The van der Waals surface area contributed by atoms with E-state index in [1.54, 1.807) is 11.8 Å². The van der Waals surface area contributed by atoms with Crippen molar-refractivity contribution in [1.29, 1.82) is 0 Å². The molecule has 2 heterocycles. The predicted octanol–water partition coefficient (Wildman–Crippen LogP) is 4.47. The van der Waals surface area contributed by atoms with Gasteiger partial charge in [-0.2, -0.15) is 4.98 Å². The molecule has 1 aliphatic rings. The zero-order valence-corrected chi connectivity index (χ0v) is 16.8. The number of hydrogen-bond acceptors (Lipinski definition) is 6. The van der Waals surface area contributed by atoms with Gasteiger partial charge in [0.05, 0.1) is 12.3 Å². The molecule has 0 aliphatic heterocycles. The maximum absolute atomic E-state index is 5.44. The SMILES string of the molecule is c1ccc(Cc2noc(CSc3nnc(C4CC4)n3Cc3ccccc3)n2)cc1. The first-order valence-corrected chi connectivity index (χ1v) is 10.8. The minimum Gasteiger partial charge on any atom is -0.338 e. The van der Waals surface area contributed by atoms with Gasteiger partial charge in [0, 0.05) is 12.3 Å². The summed E-state index contributed by atoms with van der Waals surface area (Å²) >= 11 is 1.60. The van der Waals surface area contributed by atoms with Crippen LogP contribution in [0.3, 0.4) is 0 Å². The van der Waals surface area contributed by atoms with E-state index in [1.807, 2.05) is 24.3 Å². The summed E-state index contributed by atoms with van der Waals surface area (Å²) < 4.78 is 7.68. The van der Waals surface area contributed by atoms with Crippen molar-refractivity contribution >= 4 is 11.8 Å². The van der Waals surface area contributed by atoms with E-state index in [2.05, 4.69) is 61.3 Å². The molecule has 0 spiro atoms. The van der Waals surface area contributed by atoms with Crippen LogP contribution >= 0.6 is 11.8 Å². The Bertz CT molecular complexity index is 1070. The highest BCUT2D eigenvalue weighted by Crippen LogP contribution is 2.40. The highest BCUT2D eigenvalue weighted by Gasteiger charge is 2.30. The number of nitrogens with zero attached hydrogens (tertiary/aromatic N) is 5. The van der Waals surface area contributed by atoms with Crippen LogP contribution in [0.15, 0.2) is 70.3 Å². The summed E-state index contributed by atoms with van der Waals surface area (Å²) in [4.78, 5) is 4.53. The Morgan fingerprint density at radius 3 is 2.38 bits per heavy atom. The number of aromatic nitrogens is 5. The van der Waals surface area contributed by atoms with Crippen LogP contribution in [0, 0.1) is 0 Å². The normalized spacial score (nSPS) is 13.7. The van der Waals surface area contributed by atoms with Crippen LogP contribution in [0.2, 0.25) is 0 Å². The Labute approximate surface area is 173 Å². The third-order valence-corrected chi connectivity index (χ3v) is 5.86. The molecule has 0 saturated heterocycles. The third kappa shape index (κ3) is 4.40. The Hall–Kier alpha value is -2.93. The third-order valence-electron chi connectivity index (χ3n) is 4.91. The van der Waals surface area contributed by atoms with E-state index in [1.165, 1.54) is 24.0 Å². The van der Waals surface area contributed by atoms with Gasteiger partial charge < -0.3 is 9.09 Å². The lowest BCUT2D eigenvalue weighted by Crippen LogP contribution is -2.06. The van der Waals surface area contributed by atoms with Gasteiger partial charge in [-0.25, -0.2) is 0 Å². The summed E-state index contributed by atoms with van der Waals surface area (Å²) in [5, 5.41) is 13.9. The summed E-state index contributed by atoms with van der Waals surface area (Å²) in [6.07, 6.45) is 3.07. The van der Waals surface area contributed by atoms with Crippen LogP contribution < -0.4 is 0 Å². The molecular formula is C22H21N5OS. The molecule has 0 amide bonds. The molecule has 4 aromatic rings. The van der Waals surface area contributed by atoms with E-state index in [-0.39, 0.29) is 0 Å². The van der Waals surface area contributed by atoms with E-state index in [0.717, 1.165) is 17.5 Å². The fourth-order valence-corrected chi connectivity index (χ4v) is 4.07. The van der Waals surface area contributed by atoms with Crippen molar-refractivity contribution in [2.45, 2.75) is 42.6 Å². The molecular weight excluding hydrogens is 382 g/mol. The molecule has 0 bridgehead atoms. The van der Waals surface area contributed by atoms with Gasteiger partial charge in [-0.1, -0.05) is 77.6 Å². The predicted molar refractivity (Wildman–Crippen MR) is 111 cm³/mol. The van der Waals surface area contributed by atoms with Crippen molar-refractivity contribution in [2.24, 2.45) is 0 Å². The molecule has 2 aromatic heterocycles. The first-order chi connectivity index (χ1) is 14.3. The molecule has 1 aliphatic carbocycles. The molecule has 6 nitrogen and oxygen atoms in total. The van der Waals surface area contributed by atoms with E-state index in [0.29, 0.717) is 29.8 Å². The van der Waals surface area contributed by atoms with Gasteiger partial charge in [0.1, 0.15) is 5.82 Å². The van der Waals surface area contributed by atoms with Crippen molar-refractivity contribution < 1.29 is 4.52 Å². The lowest BCUT2D eigenvalue weighted by molar-refractivity contribution is 0.385. The van der Waals surface area contributed by atoms with Gasteiger partial charge in [-0.05, 0) is 24.0 Å².